The molecule has 1 amide bonds. The van der Waals surface area contributed by atoms with Crippen LogP contribution >= 0.6 is 34.2 Å². The second-order valence-electron chi connectivity index (χ2n) is 5.37. The third-order valence-electron chi connectivity index (χ3n) is 3.64. The van der Waals surface area contributed by atoms with Gasteiger partial charge in [-0.25, -0.2) is 0 Å². The van der Waals surface area contributed by atoms with Crippen LogP contribution in [0.4, 0.5) is 5.69 Å². The molecule has 6 heteroatoms. The van der Waals surface area contributed by atoms with Crippen LogP contribution in [0.3, 0.4) is 0 Å². The molecule has 20 heavy (non-hydrogen) atoms. The summed E-state index contributed by atoms with van der Waals surface area (Å²) in [4.78, 5) is 14.8. The average molecular weight is 408 g/mol. The van der Waals surface area contributed by atoms with Crippen LogP contribution in [-0.2, 0) is 4.79 Å². The predicted molar refractivity (Wildman–Crippen MR) is 91.3 cm³/mol. The lowest BCUT2D eigenvalue weighted by Crippen LogP contribution is -2.58. The van der Waals surface area contributed by atoms with Gasteiger partial charge in [0.15, 0.2) is 0 Å². The second-order valence-corrected chi connectivity index (χ2v) is 6.97. The van der Waals surface area contributed by atoms with Gasteiger partial charge in [0.1, 0.15) is 0 Å². The van der Waals surface area contributed by atoms with Gasteiger partial charge in [0.2, 0.25) is 5.91 Å². The minimum absolute atomic E-state index is 0.0136. The summed E-state index contributed by atoms with van der Waals surface area (Å²) in [7, 11) is 0. The van der Waals surface area contributed by atoms with E-state index in [2.05, 4.69) is 38.1 Å². The Morgan fingerprint density at radius 1 is 1.40 bits per heavy atom. The van der Waals surface area contributed by atoms with Crippen LogP contribution in [0.1, 0.15) is 13.8 Å². The van der Waals surface area contributed by atoms with E-state index >= 15 is 0 Å². The number of carbonyl (C=O) groups excluding carboxylic acids is 1. The van der Waals surface area contributed by atoms with Gasteiger partial charge in [-0.05, 0) is 54.6 Å². The van der Waals surface area contributed by atoms with Crippen LogP contribution in [0, 0.1) is 3.57 Å². The summed E-state index contributed by atoms with van der Waals surface area (Å²) < 4.78 is 0.944. The lowest BCUT2D eigenvalue weighted by Gasteiger charge is -2.39. The largest absolute Gasteiger partial charge is 0.324 e. The zero-order chi connectivity index (χ0) is 14.8. The molecule has 0 spiro atoms. The molecule has 1 aliphatic heterocycles. The van der Waals surface area contributed by atoms with Gasteiger partial charge < -0.3 is 10.6 Å². The van der Waals surface area contributed by atoms with Gasteiger partial charge in [0, 0.05) is 34.8 Å². The fraction of sp³-hybridized carbons (Fsp3) is 0.500. The van der Waals surface area contributed by atoms with Crippen molar-refractivity contribution in [1.82, 2.24) is 10.2 Å². The van der Waals surface area contributed by atoms with Gasteiger partial charge in [-0.2, -0.15) is 0 Å². The smallest absolute Gasteiger partial charge is 0.244 e. The first-order valence-electron chi connectivity index (χ1n) is 6.63. The minimum atomic E-state index is -0.523. The van der Waals surface area contributed by atoms with E-state index in [1.54, 1.807) is 6.07 Å². The molecule has 0 atom stereocenters. The van der Waals surface area contributed by atoms with E-state index in [1.165, 1.54) is 0 Å². The van der Waals surface area contributed by atoms with E-state index in [1.807, 2.05) is 26.0 Å². The first kappa shape index (κ1) is 16.0. The summed E-state index contributed by atoms with van der Waals surface area (Å²) in [6.45, 7) is 7.56. The number of halogens is 2. The van der Waals surface area contributed by atoms with Crippen molar-refractivity contribution in [1.29, 1.82) is 0 Å². The van der Waals surface area contributed by atoms with E-state index in [9.17, 15) is 4.79 Å². The monoisotopic (exact) mass is 407 g/mol. The summed E-state index contributed by atoms with van der Waals surface area (Å²) in [5.74, 6) is 0.0136. The summed E-state index contributed by atoms with van der Waals surface area (Å²) in [6.07, 6.45) is 0. The highest BCUT2D eigenvalue weighted by Crippen LogP contribution is 2.24. The molecule has 1 aromatic carbocycles. The summed E-state index contributed by atoms with van der Waals surface area (Å²) in [6, 6.07) is 5.47. The van der Waals surface area contributed by atoms with Gasteiger partial charge in [-0.15, -0.1) is 0 Å². The standard InChI is InChI=1S/C14H19ClIN3O/c1-14(2,19-7-5-17-6-8-19)13(20)18-12-4-3-10(15)9-11(12)16/h3-4,9,17H,5-8H2,1-2H3,(H,18,20). The Balaban J connectivity index is 2.09. The van der Waals surface area contributed by atoms with Crippen LogP contribution in [0.25, 0.3) is 0 Å². The topological polar surface area (TPSA) is 44.4 Å². The maximum atomic E-state index is 12.6. The molecule has 0 radical (unpaired) electrons. The van der Waals surface area contributed by atoms with Gasteiger partial charge in [0.05, 0.1) is 11.2 Å². The van der Waals surface area contributed by atoms with Crippen LogP contribution in [-0.4, -0.2) is 42.5 Å². The van der Waals surface area contributed by atoms with Crippen LogP contribution in [0.15, 0.2) is 18.2 Å². The van der Waals surface area contributed by atoms with Crippen molar-refractivity contribution >= 4 is 45.8 Å². The van der Waals surface area contributed by atoms with Gasteiger partial charge in [-0.1, -0.05) is 11.6 Å². The van der Waals surface area contributed by atoms with E-state index in [4.69, 9.17) is 11.6 Å². The lowest BCUT2D eigenvalue weighted by atomic mass is 10.0. The molecule has 110 valence electrons. The molecule has 1 saturated heterocycles. The highest BCUT2D eigenvalue weighted by atomic mass is 127. The molecule has 0 saturated carbocycles. The van der Waals surface area contributed by atoms with Crippen molar-refractivity contribution in [2.45, 2.75) is 19.4 Å². The van der Waals surface area contributed by atoms with Crippen molar-refractivity contribution in [3.8, 4) is 0 Å². The number of nitrogens with zero attached hydrogens (tertiary/aromatic N) is 1. The Hall–Kier alpha value is -0.370. The third kappa shape index (κ3) is 3.63. The Morgan fingerprint density at radius 3 is 2.65 bits per heavy atom. The lowest BCUT2D eigenvalue weighted by molar-refractivity contribution is -0.126. The summed E-state index contributed by atoms with van der Waals surface area (Å²) in [5, 5.41) is 6.98. The zero-order valence-corrected chi connectivity index (χ0v) is 14.6. The van der Waals surface area contributed by atoms with Crippen molar-refractivity contribution in [2.75, 3.05) is 31.5 Å². The SMILES string of the molecule is CC(C)(C(=O)Nc1ccc(Cl)cc1I)N1CCNCC1. The Kier molecular flexibility index (Phi) is 5.28. The second kappa shape index (κ2) is 6.60. The number of piperazine rings is 1. The van der Waals surface area contributed by atoms with Crippen LogP contribution in [0.2, 0.25) is 5.02 Å². The van der Waals surface area contributed by atoms with E-state index in [-0.39, 0.29) is 5.91 Å². The Morgan fingerprint density at radius 2 is 2.05 bits per heavy atom. The van der Waals surface area contributed by atoms with Crippen molar-refractivity contribution in [3.05, 3.63) is 26.8 Å². The van der Waals surface area contributed by atoms with Gasteiger partial charge >= 0.3 is 0 Å². The molecule has 1 aromatic rings. The van der Waals surface area contributed by atoms with Crippen molar-refractivity contribution < 1.29 is 4.79 Å². The van der Waals surface area contributed by atoms with E-state index < -0.39 is 5.54 Å². The number of carbonyl (C=O) groups is 1. The number of nitrogens with one attached hydrogen (secondary N) is 2. The molecule has 0 aliphatic carbocycles. The molecule has 2 rings (SSSR count). The number of hydrogen-bond acceptors (Lipinski definition) is 3. The Bertz CT molecular complexity index is 501. The highest BCUT2D eigenvalue weighted by molar-refractivity contribution is 14.1. The number of anilines is 1. The highest BCUT2D eigenvalue weighted by Gasteiger charge is 2.35. The fourth-order valence-electron chi connectivity index (χ4n) is 2.23. The molecule has 1 heterocycles. The molecular formula is C14H19ClIN3O. The number of benzene rings is 1. The normalized spacial score (nSPS) is 17.0. The number of amides is 1. The third-order valence-corrected chi connectivity index (χ3v) is 4.77. The predicted octanol–water partition coefficient (Wildman–Crippen LogP) is 2.57. The molecule has 0 aromatic heterocycles. The molecule has 0 unspecified atom stereocenters. The molecule has 0 bridgehead atoms. The minimum Gasteiger partial charge on any atom is -0.324 e. The zero-order valence-electron chi connectivity index (χ0n) is 11.7. The van der Waals surface area contributed by atoms with Crippen LogP contribution in [0.5, 0.6) is 0 Å². The van der Waals surface area contributed by atoms with Gasteiger partial charge in [-0.3, -0.25) is 9.69 Å². The average Bonchev–Trinajstić information content (AvgIpc) is 2.42. The quantitative estimate of drug-likeness (QED) is 0.757. The van der Waals surface area contributed by atoms with E-state index in [0.717, 1.165) is 35.4 Å². The van der Waals surface area contributed by atoms with Crippen LogP contribution < -0.4 is 10.6 Å². The maximum Gasteiger partial charge on any atom is 0.244 e. The fourth-order valence-corrected chi connectivity index (χ4v) is 3.24. The first-order valence-corrected chi connectivity index (χ1v) is 8.09. The van der Waals surface area contributed by atoms with Crippen molar-refractivity contribution in [2.24, 2.45) is 0 Å². The van der Waals surface area contributed by atoms with Crippen molar-refractivity contribution in [3.63, 3.8) is 0 Å². The molecular weight excluding hydrogens is 389 g/mol. The number of hydrogen-bond donors (Lipinski definition) is 2. The first-order chi connectivity index (χ1) is 9.41. The molecule has 2 N–H and O–H groups in total. The molecule has 4 nitrogen and oxygen atoms in total. The molecule has 1 aliphatic rings. The summed E-state index contributed by atoms with van der Waals surface area (Å²) >= 11 is 8.11. The Labute approximate surface area is 138 Å². The number of rotatable bonds is 3. The van der Waals surface area contributed by atoms with E-state index in [0.29, 0.717) is 5.02 Å². The maximum absolute atomic E-state index is 12.6. The summed E-state index contributed by atoms with van der Waals surface area (Å²) in [5.41, 5.74) is 0.286. The van der Waals surface area contributed by atoms with Gasteiger partial charge in [0.25, 0.3) is 0 Å². The molecule has 1 fully saturated rings.